The van der Waals surface area contributed by atoms with Crippen molar-refractivity contribution in [2.45, 2.75) is 24.0 Å². The van der Waals surface area contributed by atoms with E-state index in [0.29, 0.717) is 6.54 Å². The molecule has 2 aromatic carbocycles. The van der Waals surface area contributed by atoms with Gasteiger partial charge in [-0.3, -0.25) is 0 Å². The largest absolute Gasteiger partial charge is 0.330 e. The number of halogens is 1. The second-order valence-electron chi connectivity index (χ2n) is 4.51. The van der Waals surface area contributed by atoms with Crippen LogP contribution in [0.25, 0.3) is 0 Å². The Morgan fingerprint density at radius 3 is 2.63 bits per heavy atom. The maximum Gasteiger partial charge on any atom is 0.0417 e. The van der Waals surface area contributed by atoms with E-state index in [0.717, 1.165) is 17.2 Å². The lowest BCUT2D eigenvalue weighted by Gasteiger charge is -2.10. The van der Waals surface area contributed by atoms with Crippen molar-refractivity contribution in [3.05, 3.63) is 64.2 Å². The third kappa shape index (κ3) is 4.00. The predicted molar refractivity (Wildman–Crippen MR) is 85.0 cm³/mol. The Morgan fingerprint density at radius 2 is 1.89 bits per heavy atom. The highest BCUT2D eigenvalue weighted by atomic mass is 35.5. The highest BCUT2D eigenvalue weighted by molar-refractivity contribution is 7.98. The number of nitrogens with two attached hydrogens (primary N) is 1. The topological polar surface area (TPSA) is 26.0 Å². The summed E-state index contributed by atoms with van der Waals surface area (Å²) in [6.07, 6.45) is 0.896. The molecule has 0 saturated carbocycles. The van der Waals surface area contributed by atoms with E-state index in [4.69, 9.17) is 17.3 Å². The molecule has 0 aromatic heterocycles. The molecule has 2 N–H and O–H groups in total. The summed E-state index contributed by atoms with van der Waals surface area (Å²) in [6.45, 7) is 2.81. The minimum atomic E-state index is 0.666. The number of aryl methyl sites for hydroxylation is 1. The fourth-order valence-corrected chi connectivity index (χ4v) is 3.39. The monoisotopic (exact) mass is 291 g/mol. The van der Waals surface area contributed by atoms with E-state index in [1.54, 1.807) is 0 Å². The summed E-state index contributed by atoms with van der Waals surface area (Å²) in [5, 5.41) is 0.785. The van der Waals surface area contributed by atoms with Gasteiger partial charge in [-0.05, 0) is 48.7 Å². The molecular formula is C16H18ClNS. The van der Waals surface area contributed by atoms with Crippen molar-refractivity contribution in [1.29, 1.82) is 0 Å². The molecule has 0 spiro atoms. The average molecular weight is 292 g/mol. The van der Waals surface area contributed by atoms with Crippen molar-refractivity contribution >= 4 is 23.4 Å². The van der Waals surface area contributed by atoms with E-state index in [9.17, 15) is 0 Å². The fourth-order valence-electron chi connectivity index (χ4n) is 1.95. The molecule has 0 unspecified atom stereocenters. The van der Waals surface area contributed by atoms with Crippen LogP contribution in [0.4, 0.5) is 0 Å². The van der Waals surface area contributed by atoms with Gasteiger partial charge in [-0.15, -0.1) is 11.8 Å². The van der Waals surface area contributed by atoms with Gasteiger partial charge in [0.25, 0.3) is 0 Å². The zero-order chi connectivity index (χ0) is 13.7. The van der Waals surface area contributed by atoms with Crippen LogP contribution in [0.15, 0.2) is 47.4 Å². The molecule has 1 nitrogen and oxygen atoms in total. The van der Waals surface area contributed by atoms with E-state index >= 15 is 0 Å². The van der Waals surface area contributed by atoms with Gasteiger partial charge in [-0.2, -0.15) is 0 Å². The molecule has 0 aliphatic carbocycles. The van der Waals surface area contributed by atoms with Crippen LogP contribution >= 0.6 is 23.4 Å². The molecule has 0 heterocycles. The van der Waals surface area contributed by atoms with Gasteiger partial charge in [0, 0.05) is 15.7 Å². The molecule has 2 aromatic rings. The number of thioether (sulfide) groups is 1. The first-order valence-electron chi connectivity index (χ1n) is 6.36. The van der Waals surface area contributed by atoms with E-state index in [2.05, 4.69) is 37.3 Å². The summed E-state index contributed by atoms with van der Waals surface area (Å²) in [5.74, 6) is 0.963. The second kappa shape index (κ2) is 6.99. The lowest BCUT2D eigenvalue weighted by Crippen LogP contribution is -2.03. The summed E-state index contributed by atoms with van der Waals surface area (Å²) in [6, 6.07) is 14.5. The first-order chi connectivity index (χ1) is 9.20. The normalized spacial score (nSPS) is 10.7. The van der Waals surface area contributed by atoms with Gasteiger partial charge in [0.15, 0.2) is 0 Å². The number of rotatable bonds is 5. The SMILES string of the molecule is Cc1ccccc1CSc1cc(Cl)ccc1CCN. The van der Waals surface area contributed by atoms with E-state index in [1.807, 2.05) is 23.9 Å². The van der Waals surface area contributed by atoms with E-state index in [1.165, 1.54) is 21.6 Å². The molecule has 2 rings (SSSR count). The van der Waals surface area contributed by atoms with Crippen LogP contribution in [0.1, 0.15) is 16.7 Å². The van der Waals surface area contributed by atoms with Crippen molar-refractivity contribution in [3.63, 3.8) is 0 Å². The van der Waals surface area contributed by atoms with Gasteiger partial charge in [0.2, 0.25) is 0 Å². The van der Waals surface area contributed by atoms with Gasteiger partial charge < -0.3 is 5.73 Å². The van der Waals surface area contributed by atoms with Gasteiger partial charge >= 0.3 is 0 Å². The third-order valence-electron chi connectivity index (χ3n) is 3.09. The Kier molecular flexibility index (Phi) is 5.32. The predicted octanol–water partition coefficient (Wildman–Crippen LogP) is 4.44. The smallest absolute Gasteiger partial charge is 0.0417 e. The zero-order valence-corrected chi connectivity index (χ0v) is 12.6. The van der Waals surface area contributed by atoms with Crippen molar-refractivity contribution in [2.75, 3.05) is 6.54 Å². The molecule has 0 atom stereocenters. The van der Waals surface area contributed by atoms with Crippen molar-refractivity contribution < 1.29 is 0 Å². The van der Waals surface area contributed by atoms with Crippen LogP contribution in [0.2, 0.25) is 5.02 Å². The van der Waals surface area contributed by atoms with E-state index in [-0.39, 0.29) is 0 Å². The summed E-state index contributed by atoms with van der Waals surface area (Å²) in [5.41, 5.74) is 9.64. The quantitative estimate of drug-likeness (QED) is 0.824. The summed E-state index contributed by atoms with van der Waals surface area (Å²) < 4.78 is 0. The zero-order valence-electron chi connectivity index (χ0n) is 11.0. The molecule has 19 heavy (non-hydrogen) atoms. The molecule has 0 amide bonds. The van der Waals surface area contributed by atoms with Crippen LogP contribution in [0, 0.1) is 6.92 Å². The molecule has 0 aliphatic heterocycles. The van der Waals surface area contributed by atoms with E-state index < -0.39 is 0 Å². The molecule has 3 heteroatoms. The highest BCUT2D eigenvalue weighted by Gasteiger charge is 2.05. The Labute approximate surface area is 124 Å². The standard InChI is InChI=1S/C16H18ClNS/c1-12-4-2-3-5-14(12)11-19-16-10-15(17)7-6-13(16)8-9-18/h2-7,10H,8-9,11,18H2,1H3. The van der Waals surface area contributed by atoms with Gasteiger partial charge in [0.05, 0.1) is 0 Å². The second-order valence-corrected chi connectivity index (χ2v) is 5.96. The Hall–Kier alpha value is -0.960. The van der Waals surface area contributed by atoms with Crippen LogP contribution in [0.3, 0.4) is 0 Å². The van der Waals surface area contributed by atoms with Crippen LogP contribution in [-0.4, -0.2) is 6.54 Å². The average Bonchev–Trinajstić information content (AvgIpc) is 2.41. The molecule has 0 saturated heterocycles. The maximum atomic E-state index is 6.09. The van der Waals surface area contributed by atoms with Gasteiger partial charge in [-0.25, -0.2) is 0 Å². The van der Waals surface area contributed by atoms with Gasteiger partial charge in [0.1, 0.15) is 0 Å². The molecule has 0 radical (unpaired) electrons. The first-order valence-corrected chi connectivity index (χ1v) is 7.73. The molecular weight excluding hydrogens is 274 g/mol. The van der Waals surface area contributed by atoms with Crippen molar-refractivity contribution in [2.24, 2.45) is 5.73 Å². The van der Waals surface area contributed by atoms with Crippen molar-refractivity contribution in [3.8, 4) is 0 Å². The highest BCUT2D eigenvalue weighted by Crippen LogP contribution is 2.30. The molecule has 100 valence electrons. The molecule has 0 aliphatic rings. The van der Waals surface area contributed by atoms with Crippen LogP contribution in [0.5, 0.6) is 0 Å². The van der Waals surface area contributed by atoms with Crippen LogP contribution in [-0.2, 0) is 12.2 Å². The lowest BCUT2D eigenvalue weighted by molar-refractivity contribution is 0.944. The Morgan fingerprint density at radius 1 is 1.11 bits per heavy atom. The molecule has 0 fully saturated rings. The Bertz CT molecular complexity index is 554. The maximum absolute atomic E-state index is 6.09. The number of hydrogen-bond acceptors (Lipinski definition) is 2. The molecule has 0 bridgehead atoms. The van der Waals surface area contributed by atoms with Crippen molar-refractivity contribution in [1.82, 2.24) is 0 Å². The van der Waals surface area contributed by atoms with Crippen LogP contribution < -0.4 is 5.73 Å². The summed E-state index contributed by atoms with van der Waals surface area (Å²) in [4.78, 5) is 1.24. The minimum Gasteiger partial charge on any atom is -0.330 e. The minimum absolute atomic E-state index is 0.666. The first kappa shape index (κ1) is 14.4. The fraction of sp³-hybridized carbons (Fsp3) is 0.250. The Balaban J connectivity index is 2.14. The number of benzene rings is 2. The van der Waals surface area contributed by atoms with Gasteiger partial charge in [-0.1, -0.05) is 41.9 Å². The summed E-state index contributed by atoms with van der Waals surface area (Å²) in [7, 11) is 0. The third-order valence-corrected chi connectivity index (χ3v) is 4.47. The lowest BCUT2D eigenvalue weighted by atomic mass is 10.1. The summed E-state index contributed by atoms with van der Waals surface area (Å²) >= 11 is 7.91. The number of hydrogen-bond donors (Lipinski definition) is 1.